The van der Waals surface area contributed by atoms with Crippen LogP contribution in [0, 0.1) is 0 Å². The van der Waals surface area contributed by atoms with E-state index in [1.54, 1.807) is 35.7 Å². The maximum absolute atomic E-state index is 11.6. The fraction of sp³-hybridized carbons (Fsp3) is 0.200. The van der Waals surface area contributed by atoms with E-state index in [1.807, 2.05) is 0 Å². The third-order valence-electron chi connectivity index (χ3n) is 2.64. The van der Waals surface area contributed by atoms with Crippen molar-refractivity contribution in [2.45, 2.75) is 0 Å². The number of carbonyl (C=O) groups is 2. The predicted molar refractivity (Wildman–Crippen MR) is 82.7 cm³/mol. The highest BCUT2D eigenvalue weighted by Crippen LogP contribution is 2.30. The number of methoxy groups -OCH3 is 2. The third-order valence-corrected chi connectivity index (χ3v) is 3.52. The lowest BCUT2D eigenvalue weighted by molar-refractivity contribution is -0.119. The number of esters is 1. The second-order valence-corrected chi connectivity index (χ2v) is 5.13. The monoisotopic (exact) mass is 321 g/mol. The van der Waals surface area contributed by atoms with Gasteiger partial charge in [-0.1, -0.05) is 0 Å². The van der Waals surface area contributed by atoms with E-state index in [4.69, 9.17) is 14.2 Å². The Balaban J connectivity index is 2.04. The van der Waals surface area contributed by atoms with Crippen LogP contribution in [0.5, 0.6) is 11.5 Å². The van der Waals surface area contributed by atoms with Crippen molar-refractivity contribution in [3.8, 4) is 11.5 Å². The Morgan fingerprint density at radius 2 is 1.86 bits per heavy atom. The number of benzene rings is 1. The van der Waals surface area contributed by atoms with Gasteiger partial charge in [-0.2, -0.15) is 0 Å². The van der Waals surface area contributed by atoms with E-state index in [0.717, 1.165) is 0 Å². The lowest BCUT2D eigenvalue weighted by atomic mass is 10.3. The summed E-state index contributed by atoms with van der Waals surface area (Å²) in [6.45, 7) is -0.00432. The number of amides is 1. The van der Waals surface area contributed by atoms with Gasteiger partial charge in [-0.3, -0.25) is 4.79 Å². The lowest BCUT2D eigenvalue weighted by Crippen LogP contribution is -2.16. The minimum atomic E-state index is -0.437. The van der Waals surface area contributed by atoms with Gasteiger partial charge in [0.15, 0.2) is 10.6 Å². The molecule has 0 fully saturated rings. The molecule has 0 unspecified atom stereocenters. The van der Waals surface area contributed by atoms with Crippen molar-refractivity contribution in [1.29, 1.82) is 0 Å². The van der Waals surface area contributed by atoms with Crippen LogP contribution in [0.4, 0.5) is 5.69 Å². The van der Waals surface area contributed by atoms with Crippen molar-refractivity contribution >= 4 is 28.9 Å². The van der Waals surface area contributed by atoms with Crippen molar-refractivity contribution in [2.75, 3.05) is 26.1 Å². The van der Waals surface area contributed by atoms with Crippen LogP contribution in [-0.4, -0.2) is 32.7 Å². The van der Waals surface area contributed by atoms with Gasteiger partial charge in [-0.25, -0.2) is 4.79 Å². The first-order valence-electron chi connectivity index (χ1n) is 6.36. The van der Waals surface area contributed by atoms with Crippen LogP contribution in [0.2, 0.25) is 0 Å². The first-order chi connectivity index (χ1) is 10.6. The molecule has 0 saturated heterocycles. The number of thiophene rings is 1. The average molecular weight is 321 g/mol. The molecule has 0 aliphatic carbocycles. The molecule has 0 spiro atoms. The zero-order valence-electron chi connectivity index (χ0n) is 12.1. The molecule has 1 amide bonds. The topological polar surface area (TPSA) is 73.9 Å². The molecule has 1 heterocycles. The first-order valence-corrected chi connectivity index (χ1v) is 7.24. The fourth-order valence-electron chi connectivity index (χ4n) is 1.68. The van der Waals surface area contributed by atoms with Gasteiger partial charge in [-0.05, 0) is 35.7 Å². The van der Waals surface area contributed by atoms with Crippen molar-refractivity contribution in [3.05, 3.63) is 40.6 Å². The highest BCUT2D eigenvalue weighted by molar-refractivity contribution is 7.12. The molecule has 6 nitrogen and oxygen atoms in total. The second-order valence-electron chi connectivity index (χ2n) is 4.21. The Bertz CT molecular complexity index is 650. The summed E-state index contributed by atoms with van der Waals surface area (Å²) in [5, 5.41) is 4.43. The average Bonchev–Trinajstić information content (AvgIpc) is 2.97. The van der Waals surface area contributed by atoms with E-state index in [0.29, 0.717) is 22.1 Å². The van der Waals surface area contributed by atoms with Crippen molar-refractivity contribution in [2.24, 2.45) is 0 Å². The van der Waals surface area contributed by atoms with Crippen LogP contribution < -0.4 is 10.1 Å². The fourth-order valence-corrected chi connectivity index (χ4v) is 2.41. The maximum Gasteiger partial charge on any atom is 0.351 e. The van der Waals surface area contributed by atoms with Crippen LogP contribution in [0.1, 0.15) is 9.67 Å². The molecule has 0 radical (unpaired) electrons. The Hall–Kier alpha value is -2.38. The predicted octanol–water partition coefficient (Wildman–Crippen LogP) is 2.91. The summed E-state index contributed by atoms with van der Waals surface area (Å²) in [5.41, 5.74) is 0.632. The molecule has 2 rings (SSSR count). The highest BCUT2D eigenvalue weighted by Gasteiger charge is 2.15. The van der Waals surface area contributed by atoms with Crippen LogP contribution in [-0.2, 0) is 14.3 Å². The number of nitrogens with one attached hydrogen (secondary N) is 1. The third kappa shape index (κ3) is 4.06. The number of hydrogen-bond donors (Lipinski definition) is 1. The van der Waals surface area contributed by atoms with Crippen molar-refractivity contribution < 1.29 is 23.8 Å². The molecule has 0 aliphatic heterocycles. The van der Waals surface area contributed by atoms with Crippen LogP contribution in [0.3, 0.4) is 0 Å². The van der Waals surface area contributed by atoms with E-state index < -0.39 is 5.97 Å². The van der Waals surface area contributed by atoms with Gasteiger partial charge < -0.3 is 19.5 Å². The number of anilines is 1. The van der Waals surface area contributed by atoms with Crippen LogP contribution in [0.25, 0.3) is 0 Å². The van der Waals surface area contributed by atoms with Crippen LogP contribution in [0.15, 0.2) is 35.7 Å². The summed E-state index contributed by atoms with van der Waals surface area (Å²) in [6, 6.07) is 8.49. The van der Waals surface area contributed by atoms with Crippen LogP contribution >= 0.6 is 11.3 Å². The van der Waals surface area contributed by atoms with Gasteiger partial charge >= 0.3 is 5.97 Å². The number of hydrogen-bond acceptors (Lipinski definition) is 6. The molecule has 0 aliphatic rings. The first kappa shape index (κ1) is 16.0. The Labute approximate surface area is 131 Å². The Kier molecular flexibility index (Phi) is 5.51. The largest absolute Gasteiger partial charge is 0.465 e. The van der Waals surface area contributed by atoms with Gasteiger partial charge in [0.2, 0.25) is 5.91 Å². The SMILES string of the molecule is COCC(=O)Nc1ccc(Oc2ccsc2C(=O)OC)cc1. The maximum atomic E-state index is 11.6. The van der Waals surface area contributed by atoms with Gasteiger partial charge in [-0.15, -0.1) is 11.3 Å². The molecule has 0 bridgehead atoms. The molecule has 1 N–H and O–H groups in total. The molecule has 2 aromatic rings. The van der Waals surface area contributed by atoms with E-state index in [2.05, 4.69) is 5.32 Å². The second kappa shape index (κ2) is 7.58. The highest BCUT2D eigenvalue weighted by atomic mass is 32.1. The zero-order valence-corrected chi connectivity index (χ0v) is 12.9. The van der Waals surface area contributed by atoms with Crippen molar-refractivity contribution in [1.82, 2.24) is 0 Å². The molecular formula is C15H15NO5S. The van der Waals surface area contributed by atoms with E-state index in [9.17, 15) is 9.59 Å². The number of rotatable bonds is 6. The molecule has 1 aromatic carbocycles. The molecule has 22 heavy (non-hydrogen) atoms. The summed E-state index contributed by atoms with van der Waals surface area (Å²) >= 11 is 1.25. The Morgan fingerprint density at radius 1 is 1.14 bits per heavy atom. The lowest BCUT2D eigenvalue weighted by Gasteiger charge is -2.08. The summed E-state index contributed by atoms with van der Waals surface area (Å²) in [6.07, 6.45) is 0. The Morgan fingerprint density at radius 3 is 2.50 bits per heavy atom. The van der Waals surface area contributed by atoms with Gasteiger partial charge in [0.1, 0.15) is 12.4 Å². The minimum Gasteiger partial charge on any atom is -0.465 e. The minimum absolute atomic E-state index is 0.00432. The van der Waals surface area contributed by atoms with Gasteiger partial charge in [0.05, 0.1) is 7.11 Å². The summed E-state index contributed by atoms with van der Waals surface area (Å²) in [5.74, 6) is 0.316. The quantitative estimate of drug-likeness (QED) is 0.828. The summed E-state index contributed by atoms with van der Waals surface area (Å²) < 4.78 is 15.1. The number of ether oxygens (including phenoxy) is 3. The van der Waals surface area contributed by atoms with E-state index in [-0.39, 0.29) is 12.5 Å². The summed E-state index contributed by atoms with van der Waals surface area (Å²) in [7, 11) is 2.78. The van der Waals surface area contributed by atoms with E-state index in [1.165, 1.54) is 25.6 Å². The molecule has 1 aromatic heterocycles. The standard InChI is InChI=1S/C15H15NO5S/c1-19-9-13(17)16-10-3-5-11(6-4-10)21-12-7-8-22-14(12)15(18)20-2/h3-8H,9H2,1-2H3,(H,16,17). The zero-order chi connectivity index (χ0) is 15.9. The van der Waals surface area contributed by atoms with Gasteiger partial charge in [0.25, 0.3) is 0 Å². The molecule has 116 valence electrons. The van der Waals surface area contributed by atoms with Crippen molar-refractivity contribution in [3.63, 3.8) is 0 Å². The summed E-state index contributed by atoms with van der Waals surface area (Å²) in [4.78, 5) is 23.4. The molecular weight excluding hydrogens is 306 g/mol. The van der Waals surface area contributed by atoms with E-state index >= 15 is 0 Å². The smallest absolute Gasteiger partial charge is 0.351 e. The number of carbonyl (C=O) groups excluding carboxylic acids is 2. The molecule has 0 atom stereocenters. The molecule has 7 heteroatoms. The normalized spacial score (nSPS) is 10.1. The van der Waals surface area contributed by atoms with Gasteiger partial charge in [0, 0.05) is 12.8 Å². The molecule has 0 saturated carbocycles.